The maximum atomic E-state index is 12.9. The Balaban J connectivity index is 4.83. The van der Waals surface area contributed by atoms with Gasteiger partial charge in [0, 0.05) is 12.8 Å². The highest BCUT2D eigenvalue weighted by Gasteiger charge is 2.28. The van der Waals surface area contributed by atoms with E-state index >= 15 is 0 Å². The van der Waals surface area contributed by atoms with Gasteiger partial charge in [0.15, 0.2) is 6.10 Å². The zero-order valence-corrected chi connectivity index (χ0v) is 50.2. The number of unbranched alkanes of at least 4 members (excludes halogenated alkanes) is 22. The molecule has 0 saturated carbocycles. The van der Waals surface area contributed by atoms with E-state index in [4.69, 9.17) is 23.3 Å². The molecule has 12 heteroatoms. The van der Waals surface area contributed by atoms with Gasteiger partial charge in [-0.15, -0.1) is 0 Å². The van der Waals surface area contributed by atoms with Gasteiger partial charge < -0.3 is 24.2 Å². The Morgan fingerprint density at radius 2 is 0.718 bits per heavy atom. The third-order valence-electron chi connectivity index (χ3n) is 12.7. The summed E-state index contributed by atoms with van der Waals surface area (Å²) in [6.07, 6.45) is 72.1. The van der Waals surface area contributed by atoms with Crippen molar-refractivity contribution in [3.05, 3.63) is 109 Å². The van der Waals surface area contributed by atoms with E-state index in [1.165, 1.54) is 83.5 Å². The van der Waals surface area contributed by atoms with Gasteiger partial charge in [0.05, 0.1) is 26.2 Å². The Morgan fingerprint density at radius 3 is 1.17 bits per heavy atom. The number of hydrogen-bond acceptors (Lipinski definition) is 10. The van der Waals surface area contributed by atoms with E-state index in [9.17, 15) is 28.9 Å². The van der Waals surface area contributed by atoms with Crippen molar-refractivity contribution in [2.75, 3.05) is 26.4 Å². The summed E-state index contributed by atoms with van der Waals surface area (Å²) in [6, 6.07) is 0. The molecular weight excluding hydrogens is 1000 g/mol. The van der Waals surface area contributed by atoms with E-state index in [0.717, 1.165) is 109 Å². The summed E-state index contributed by atoms with van der Waals surface area (Å²) in [5, 5.41) is 9.81. The van der Waals surface area contributed by atoms with Crippen molar-refractivity contribution in [2.45, 2.75) is 264 Å². The minimum atomic E-state index is -4.79. The second kappa shape index (κ2) is 59.3. The highest BCUT2D eigenvalue weighted by molar-refractivity contribution is 7.47. The van der Waals surface area contributed by atoms with Crippen LogP contribution in [0.3, 0.4) is 0 Å². The zero-order valence-electron chi connectivity index (χ0n) is 49.3. The predicted molar refractivity (Wildman–Crippen MR) is 325 cm³/mol. The van der Waals surface area contributed by atoms with Crippen LogP contribution in [0.2, 0.25) is 0 Å². The first-order valence-corrected chi connectivity index (χ1v) is 32.3. The molecule has 0 heterocycles. The van der Waals surface area contributed by atoms with Crippen molar-refractivity contribution in [1.29, 1.82) is 0 Å². The minimum absolute atomic E-state index is 0.0602. The maximum Gasteiger partial charge on any atom is 0.472 e. The maximum absolute atomic E-state index is 12.9. The number of carbonyl (C=O) groups excluding carboxylic acids is 3. The van der Waals surface area contributed by atoms with Crippen LogP contribution < -0.4 is 0 Å². The zero-order chi connectivity index (χ0) is 56.9. The first kappa shape index (κ1) is 74.1. The fourth-order valence-corrected chi connectivity index (χ4v) is 8.81. The van der Waals surface area contributed by atoms with Crippen molar-refractivity contribution >= 4 is 25.7 Å². The summed E-state index contributed by atoms with van der Waals surface area (Å²) < 4.78 is 39.5. The Bertz CT molecular complexity index is 1720. The van der Waals surface area contributed by atoms with Gasteiger partial charge in [-0.25, -0.2) is 4.57 Å². The van der Waals surface area contributed by atoms with Gasteiger partial charge in [0.2, 0.25) is 0 Å². The first-order valence-electron chi connectivity index (χ1n) is 30.8. The molecular formula is C66H111O11P. The predicted octanol–water partition coefficient (Wildman–Crippen LogP) is 18.6. The first-order chi connectivity index (χ1) is 38.2. The Hall–Kier alpha value is -3.86. The summed E-state index contributed by atoms with van der Waals surface area (Å²) in [7, 11) is -4.79. The molecule has 0 rings (SSSR count). The average Bonchev–Trinajstić information content (AvgIpc) is 3.43. The van der Waals surface area contributed by atoms with Crippen molar-refractivity contribution < 1.29 is 52.2 Å². The second-order valence-electron chi connectivity index (χ2n) is 20.1. The molecule has 0 radical (unpaired) electrons. The number of rotatable bonds is 56. The fraction of sp³-hybridized carbons (Fsp3) is 0.682. The Morgan fingerprint density at radius 1 is 0.385 bits per heavy atom. The molecule has 0 aliphatic rings. The van der Waals surface area contributed by atoms with E-state index in [1.54, 1.807) is 6.08 Å². The lowest BCUT2D eigenvalue weighted by molar-refractivity contribution is -0.161. The van der Waals surface area contributed by atoms with Crippen LogP contribution in [-0.4, -0.2) is 66.5 Å². The van der Waals surface area contributed by atoms with Crippen molar-refractivity contribution in [3.63, 3.8) is 0 Å². The molecule has 0 saturated heterocycles. The number of allylic oxidation sites excluding steroid dienone is 17. The summed E-state index contributed by atoms with van der Waals surface area (Å²) in [5.41, 5.74) is 0. The molecule has 3 atom stereocenters. The normalized spacial score (nSPS) is 14.1. The molecule has 0 spiro atoms. The monoisotopic (exact) mass is 1110 g/mol. The average molecular weight is 1110 g/mol. The van der Waals surface area contributed by atoms with E-state index in [1.807, 2.05) is 18.2 Å². The smallest absolute Gasteiger partial charge is 0.462 e. The van der Waals surface area contributed by atoms with Crippen LogP contribution in [0.5, 0.6) is 0 Å². The lowest BCUT2D eigenvalue weighted by Crippen LogP contribution is -2.30. The van der Waals surface area contributed by atoms with Crippen LogP contribution in [0, 0.1) is 0 Å². The quantitative estimate of drug-likeness (QED) is 0.0197. The minimum Gasteiger partial charge on any atom is -0.462 e. The number of carbonyl (C=O) groups is 3. The lowest BCUT2D eigenvalue weighted by Gasteiger charge is -2.21. The van der Waals surface area contributed by atoms with Gasteiger partial charge in [-0.1, -0.05) is 233 Å². The largest absolute Gasteiger partial charge is 0.472 e. The molecule has 0 aliphatic carbocycles. The van der Waals surface area contributed by atoms with E-state index < -0.39 is 57.8 Å². The molecule has 0 aromatic carbocycles. The summed E-state index contributed by atoms with van der Waals surface area (Å²) in [6.45, 7) is 4.38. The number of aliphatic hydroxyl groups is 1. The molecule has 3 unspecified atom stereocenters. The number of phosphoric ester groups is 1. The van der Waals surface area contributed by atoms with Gasteiger partial charge in [-0.2, -0.15) is 0 Å². The van der Waals surface area contributed by atoms with Crippen LogP contribution in [0.1, 0.15) is 252 Å². The number of hydrogen-bond donors (Lipinski definition) is 2. The molecule has 0 aromatic heterocycles. The number of phosphoric acid groups is 1. The molecule has 446 valence electrons. The lowest BCUT2D eigenvalue weighted by atomic mass is 10.1. The molecule has 11 nitrogen and oxygen atoms in total. The highest BCUT2D eigenvalue weighted by atomic mass is 31.2. The van der Waals surface area contributed by atoms with Crippen LogP contribution in [0.4, 0.5) is 0 Å². The molecule has 0 amide bonds. The fourth-order valence-electron chi connectivity index (χ4n) is 8.02. The van der Waals surface area contributed by atoms with Gasteiger partial charge in [0.1, 0.15) is 12.7 Å². The van der Waals surface area contributed by atoms with Crippen LogP contribution in [0.25, 0.3) is 0 Å². The summed E-state index contributed by atoms with van der Waals surface area (Å²) >= 11 is 0. The molecule has 0 aromatic rings. The Labute approximate surface area is 475 Å². The van der Waals surface area contributed by atoms with E-state index in [0.29, 0.717) is 19.3 Å². The third kappa shape index (κ3) is 56.8. The number of esters is 3. The van der Waals surface area contributed by atoms with Gasteiger partial charge in [-0.05, 0) is 109 Å². The van der Waals surface area contributed by atoms with Gasteiger partial charge >= 0.3 is 25.7 Å². The number of ether oxygens (including phenoxy) is 3. The molecule has 78 heavy (non-hydrogen) atoms. The van der Waals surface area contributed by atoms with Crippen molar-refractivity contribution in [3.8, 4) is 0 Å². The third-order valence-corrected chi connectivity index (χ3v) is 13.6. The van der Waals surface area contributed by atoms with Crippen LogP contribution in [-0.2, 0) is 42.2 Å². The topological polar surface area (TPSA) is 155 Å². The summed E-state index contributed by atoms with van der Waals surface area (Å²) in [5.74, 6) is -1.62. The SMILES string of the molecule is CC/C=C\C/C=C\C/C=C\C/C=C\C/C=C\CC(=O)OC(CO)COP(=O)(O)OCC(COC(=O)CCCCCCCC/C=C\C/C=C\C/C=C\CCCCC)OC(=O)CCCCCCCCC/C=C\CCCCCCCC. The molecule has 0 fully saturated rings. The van der Waals surface area contributed by atoms with Gasteiger partial charge in [0.25, 0.3) is 0 Å². The van der Waals surface area contributed by atoms with Crippen molar-refractivity contribution in [1.82, 2.24) is 0 Å². The molecule has 0 bridgehead atoms. The van der Waals surface area contributed by atoms with E-state index in [2.05, 4.69) is 106 Å². The van der Waals surface area contributed by atoms with Crippen molar-refractivity contribution in [2.24, 2.45) is 0 Å². The standard InChI is InChI=1S/C66H111O11P/c1-4-7-10-13-16-19-22-25-28-30-31-33-35-37-40-43-46-49-52-55-64(68)73-59-63(77-66(70)57-54-51-48-45-42-39-36-32-29-26-23-20-17-14-11-8-5-2)61-75-78(71,72)74-60-62(58-67)76-65(69)56-53-50-47-44-41-38-34-27-24-21-18-15-12-9-6-3/h9,12,16,18-19,21,25-29,31,33-34,41,44,50,53,62-63,67H,4-8,10-11,13-15,17,20,22-24,30,32,35-40,42-43,45-49,51-52,54-61H2,1-3H3,(H,71,72)/b12-9-,19-16-,21-18-,28-25-,29-26-,33-31-,34-27-,44-41-,53-50-. The van der Waals surface area contributed by atoms with Crippen LogP contribution >= 0.6 is 7.82 Å². The Kier molecular flexibility index (Phi) is 56.3. The highest BCUT2D eigenvalue weighted by Crippen LogP contribution is 2.43. The molecule has 2 N–H and O–H groups in total. The number of aliphatic hydroxyl groups excluding tert-OH is 1. The summed E-state index contributed by atoms with van der Waals surface area (Å²) in [4.78, 5) is 48.6. The van der Waals surface area contributed by atoms with Crippen LogP contribution in [0.15, 0.2) is 109 Å². The van der Waals surface area contributed by atoms with Gasteiger partial charge in [-0.3, -0.25) is 23.4 Å². The second-order valence-corrected chi connectivity index (χ2v) is 21.6. The molecule has 0 aliphatic heterocycles. The van der Waals surface area contributed by atoms with E-state index in [-0.39, 0.29) is 25.9 Å².